The number of hydrogen-bond donors (Lipinski definition) is 2. The van der Waals surface area contributed by atoms with Crippen molar-refractivity contribution in [1.82, 2.24) is 14.9 Å². The molecule has 2 aromatic carbocycles. The molecule has 1 amide bonds. The number of amides is 1. The summed E-state index contributed by atoms with van der Waals surface area (Å²) in [6.45, 7) is 2.02. The fourth-order valence-electron chi connectivity index (χ4n) is 4.58. The predicted molar refractivity (Wildman–Crippen MR) is 150 cm³/mol. The van der Waals surface area contributed by atoms with Gasteiger partial charge in [0.2, 0.25) is 5.91 Å². The van der Waals surface area contributed by atoms with Crippen LogP contribution >= 0.6 is 23.8 Å². The van der Waals surface area contributed by atoms with E-state index in [9.17, 15) is 4.79 Å². The van der Waals surface area contributed by atoms with Crippen molar-refractivity contribution in [2.75, 3.05) is 23.9 Å². The summed E-state index contributed by atoms with van der Waals surface area (Å²) in [6.07, 6.45) is 3.84. The molecule has 2 N–H and O–H groups in total. The van der Waals surface area contributed by atoms with E-state index in [0.717, 1.165) is 22.8 Å². The molecule has 0 spiro atoms. The van der Waals surface area contributed by atoms with Crippen molar-refractivity contribution in [2.45, 2.75) is 19.0 Å². The van der Waals surface area contributed by atoms with Crippen LogP contribution < -0.4 is 15.5 Å². The summed E-state index contributed by atoms with van der Waals surface area (Å²) < 4.78 is 7.07. The van der Waals surface area contributed by atoms with Gasteiger partial charge in [0.05, 0.1) is 22.4 Å². The van der Waals surface area contributed by atoms with Gasteiger partial charge in [-0.05, 0) is 73.7 Å². The fourth-order valence-corrected chi connectivity index (χ4v) is 5.15. The number of hydrogen-bond acceptors (Lipinski definition) is 4. The van der Waals surface area contributed by atoms with Crippen LogP contribution in [-0.2, 0) is 9.53 Å². The third kappa shape index (κ3) is 5.09. The highest BCUT2D eigenvalue weighted by Gasteiger charge is 2.42. The number of methoxy groups -OCH3 is 1. The van der Waals surface area contributed by atoms with E-state index in [2.05, 4.69) is 68.5 Å². The number of benzene rings is 2. The van der Waals surface area contributed by atoms with E-state index in [1.165, 1.54) is 12.7 Å². The molecule has 7 nitrogen and oxygen atoms in total. The number of pyridine rings is 1. The molecule has 2 atom stereocenters. The first-order chi connectivity index (χ1) is 18.0. The van der Waals surface area contributed by atoms with E-state index >= 15 is 0 Å². The first-order valence-electron chi connectivity index (χ1n) is 11.8. The Labute approximate surface area is 226 Å². The van der Waals surface area contributed by atoms with Crippen molar-refractivity contribution in [3.63, 3.8) is 0 Å². The summed E-state index contributed by atoms with van der Waals surface area (Å²) in [7, 11) is 1.47. The number of thiocarbonyl (C=S) groups is 1. The van der Waals surface area contributed by atoms with Crippen LogP contribution in [0.3, 0.4) is 0 Å². The van der Waals surface area contributed by atoms with Gasteiger partial charge in [-0.2, -0.15) is 0 Å². The summed E-state index contributed by atoms with van der Waals surface area (Å²) in [5, 5.41) is 7.21. The highest BCUT2D eigenvalue weighted by atomic mass is 35.5. The van der Waals surface area contributed by atoms with Crippen molar-refractivity contribution < 1.29 is 9.53 Å². The number of nitrogens with one attached hydrogen (secondary N) is 2. The van der Waals surface area contributed by atoms with Gasteiger partial charge in [0.1, 0.15) is 12.6 Å². The number of nitrogens with zero attached hydrogens (tertiary/aromatic N) is 3. The van der Waals surface area contributed by atoms with Crippen molar-refractivity contribution in [2.24, 2.45) is 0 Å². The third-order valence-electron chi connectivity index (χ3n) is 6.27. The Hall–Kier alpha value is -3.72. The first-order valence-corrected chi connectivity index (χ1v) is 12.6. The fraction of sp³-hybridized carbons (Fsp3) is 0.179. The van der Waals surface area contributed by atoms with Crippen LogP contribution in [0.5, 0.6) is 0 Å². The lowest BCUT2D eigenvalue weighted by Crippen LogP contribution is -2.30. The second kappa shape index (κ2) is 10.7. The quantitative estimate of drug-likeness (QED) is 0.303. The van der Waals surface area contributed by atoms with Crippen LogP contribution in [0, 0.1) is 6.92 Å². The Balaban J connectivity index is 1.58. The maximum atomic E-state index is 12.0. The van der Waals surface area contributed by atoms with Crippen LogP contribution in [0.4, 0.5) is 11.4 Å². The second-order valence-electron chi connectivity index (χ2n) is 8.78. The molecular formula is C28H26ClN5O2S. The molecule has 2 aromatic heterocycles. The molecule has 37 heavy (non-hydrogen) atoms. The molecule has 1 aliphatic rings. The van der Waals surface area contributed by atoms with E-state index in [-0.39, 0.29) is 24.6 Å². The van der Waals surface area contributed by atoms with Crippen LogP contribution in [0.2, 0.25) is 5.02 Å². The average Bonchev–Trinajstić information content (AvgIpc) is 3.51. The zero-order valence-electron chi connectivity index (χ0n) is 20.4. The first kappa shape index (κ1) is 25.0. The molecule has 5 rings (SSSR count). The van der Waals surface area contributed by atoms with Crippen molar-refractivity contribution in [1.29, 1.82) is 0 Å². The monoisotopic (exact) mass is 531 g/mol. The van der Waals surface area contributed by atoms with Gasteiger partial charge in [0.15, 0.2) is 5.11 Å². The van der Waals surface area contributed by atoms with E-state index in [1.54, 1.807) is 12.3 Å². The molecule has 188 valence electrons. The molecule has 1 aliphatic heterocycles. The Kier molecular flexibility index (Phi) is 7.23. The van der Waals surface area contributed by atoms with Gasteiger partial charge in [0.25, 0.3) is 0 Å². The zero-order valence-corrected chi connectivity index (χ0v) is 22.0. The molecule has 0 saturated carbocycles. The van der Waals surface area contributed by atoms with Crippen molar-refractivity contribution in [3.05, 3.63) is 107 Å². The number of aromatic nitrogens is 2. The SMILES string of the molecule is COCC(=O)Nc1ccc(N2C(=S)N[C@H](c3ccccn3)[C@@H]2c2cccn2-c2ccc(C)cc2)cc1Cl. The topological polar surface area (TPSA) is 71.4 Å². The molecule has 0 aliphatic carbocycles. The van der Waals surface area contributed by atoms with Gasteiger partial charge in [-0.25, -0.2) is 0 Å². The molecule has 3 heterocycles. The van der Waals surface area contributed by atoms with Gasteiger partial charge in [-0.15, -0.1) is 0 Å². The molecule has 9 heteroatoms. The number of anilines is 2. The maximum Gasteiger partial charge on any atom is 0.250 e. The molecule has 1 fully saturated rings. The molecule has 0 bridgehead atoms. The van der Waals surface area contributed by atoms with E-state index in [1.807, 2.05) is 36.4 Å². The van der Waals surface area contributed by atoms with Crippen LogP contribution in [0.15, 0.2) is 85.2 Å². The van der Waals surface area contributed by atoms with Gasteiger partial charge in [-0.1, -0.05) is 35.4 Å². The lowest BCUT2D eigenvalue weighted by atomic mass is 10.0. The number of rotatable bonds is 7. The highest BCUT2D eigenvalue weighted by Crippen LogP contribution is 2.43. The minimum atomic E-state index is -0.278. The Morgan fingerprint density at radius 2 is 1.89 bits per heavy atom. The molecular weight excluding hydrogens is 506 g/mol. The Morgan fingerprint density at radius 1 is 1.11 bits per heavy atom. The van der Waals surface area contributed by atoms with Gasteiger partial charge >= 0.3 is 0 Å². The normalized spacial score (nSPS) is 17.1. The van der Waals surface area contributed by atoms with Crippen LogP contribution in [0.1, 0.15) is 29.0 Å². The van der Waals surface area contributed by atoms with Crippen molar-refractivity contribution >= 4 is 46.2 Å². The molecule has 0 unspecified atom stereocenters. The second-order valence-corrected chi connectivity index (χ2v) is 9.57. The maximum absolute atomic E-state index is 12.0. The molecule has 4 aromatic rings. The minimum Gasteiger partial charge on any atom is -0.375 e. The number of halogens is 1. The summed E-state index contributed by atoms with van der Waals surface area (Å²) in [6, 6.07) is 23.5. The smallest absolute Gasteiger partial charge is 0.250 e. The largest absolute Gasteiger partial charge is 0.375 e. The Bertz CT molecular complexity index is 1420. The standard InChI is InChI=1S/C28H26ClN5O2S/c1-18-8-10-19(11-9-18)33-15-5-7-24(33)27-26(23-6-3-4-14-30-23)32-28(37)34(27)20-12-13-22(21(29)16-20)31-25(35)17-36-2/h3-16,26-27H,17H2,1-2H3,(H,31,35)(H,32,37)/t26-,27+/m1/s1. The summed E-state index contributed by atoms with van der Waals surface area (Å²) in [5.74, 6) is -0.278. The summed E-state index contributed by atoms with van der Waals surface area (Å²) in [4.78, 5) is 18.7. The summed E-state index contributed by atoms with van der Waals surface area (Å²) >= 11 is 12.5. The molecule has 0 radical (unpaired) electrons. The van der Waals surface area contributed by atoms with Gasteiger partial charge < -0.3 is 24.8 Å². The van der Waals surface area contributed by atoms with Crippen molar-refractivity contribution in [3.8, 4) is 5.69 Å². The number of aryl methyl sites for hydroxylation is 1. The number of carbonyl (C=O) groups excluding carboxylic acids is 1. The van der Waals surface area contributed by atoms with Crippen LogP contribution in [0.25, 0.3) is 5.69 Å². The number of ether oxygens (including phenoxy) is 1. The average molecular weight is 532 g/mol. The van der Waals surface area contributed by atoms with Gasteiger partial charge in [0, 0.05) is 36.6 Å². The zero-order chi connectivity index (χ0) is 25.9. The molecule has 1 saturated heterocycles. The van der Waals surface area contributed by atoms with Gasteiger partial charge in [-0.3, -0.25) is 9.78 Å². The summed E-state index contributed by atoms with van der Waals surface area (Å²) in [5.41, 5.74) is 5.47. The minimum absolute atomic E-state index is 0.0535. The van der Waals surface area contributed by atoms with E-state index in [0.29, 0.717) is 15.8 Å². The highest BCUT2D eigenvalue weighted by molar-refractivity contribution is 7.80. The van der Waals surface area contributed by atoms with Crippen LogP contribution in [-0.4, -0.2) is 34.3 Å². The predicted octanol–water partition coefficient (Wildman–Crippen LogP) is 5.60. The lowest BCUT2D eigenvalue weighted by Gasteiger charge is -2.29. The van der Waals surface area contributed by atoms with E-state index < -0.39 is 0 Å². The number of carbonyl (C=O) groups is 1. The third-order valence-corrected chi connectivity index (χ3v) is 6.90. The lowest BCUT2D eigenvalue weighted by molar-refractivity contribution is -0.119. The Morgan fingerprint density at radius 3 is 2.59 bits per heavy atom. The van der Waals surface area contributed by atoms with E-state index in [4.69, 9.17) is 28.6 Å².